The van der Waals surface area contributed by atoms with Crippen molar-refractivity contribution in [1.29, 1.82) is 0 Å². The normalized spacial score (nSPS) is 12.0. The van der Waals surface area contributed by atoms with Crippen molar-refractivity contribution in [3.8, 4) is 0 Å². The van der Waals surface area contributed by atoms with Gasteiger partial charge in [-0.3, -0.25) is 9.69 Å². The maximum absolute atomic E-state index is 13.0. The van der Waals surface area contributed by atoms with Crippen LogP contribution in [-0.4, -0.2) is 13.0 Å². The summed E-state index contributed by atoms with van der Waals surface area (Å²) in [4.78, 5) is 14.7. The van der Waals surface area contributed by atoms with Crippen LogP contribution in [0, 0.1) is 0 Å². The fourth-order valence-corrected chi connectivity index (χ4v) is 2.79. The van der Waals surface area contributed by atoms with Gasteiger partial charge in [-0.05, 0) is 23.8 Å². The van der Waals surface area contributed by atoms with Crippen LogP contribution in [0.4, 0.5) is 5.69 Å². The average Bonchev–Trinajstić information content (AvgIpc) is 2.72. The summed E-state index contributed by atoms with van der Waals surface area (Å²) in [7, 11) is 1.61. The van der Waals surface area contributed by atoms with E-state index in [0.29, 0.717) is 0 Å². The Morgan fingerprint density at radius 1 is 0.846 bits per heavy atom. The lowest BCUT2D eigenvalue weighted by molar-refractivity contribution is -0.116. The van der Waals surface area contributed by atoms with Crippen molar-refractivity contribution in [3.63, 3.8) is 0 Å². The van der Waals surface area contributed by atoms with Crippen LogP contribution in [0.3, 0.4) is 0 Å². The van der Waals surface area contributed by atoms with Gasteiger partial charge in [0.15, 0.2) is 6.23 Å². The molecule has 0 aliphatic carbocycles. The number of ether oxygens (including phenoxy) is 1. The summed E-state index contributed by atoms with van der Waals surface area (Å²) in [6, 6.07) is 29.1. The third kappa shape index (κ3) is 4.26. The number of nitrogens with zero attached hydrogens (tertiary/aromatic N) is 1. The first kappa shape index (κ1) is 17.6. The molecule has 0 spiro atoms. The van der Waals surface area contributed by atoms with Crippen LogP contribution >= 0.6 is 0 Å². The number of rotatable bonds is 6. The van der Waals surface area contributed by atoms with Crippen molar-refractivity contribution in [3.05, 3.63) is 108 Å². The quantitative estimate of drug-likeness (QED) is 0.461. The Bertz CT molecular complexity index is 845. The largest absolute Gasteiger partial charge is 0.357 e. The summed E-state index contributed by atoms with van der Waals surface area (Å²) in [6.45, 7) is 0. The van der Waals surface area contributed by atoms with E-state index in [1.165, 1.54) is 0 Å². The van der Waals surface area contributed by atoms with Crippen molar-refractivity contribution in [2.24, 2.45) is 0 Å². The topological polar surface area (TPSA) is 29.5 Å². The zero-order valence-electron chi connectivity index (χ0n) is 14.7. The van der Waals surface area contributed by atoms with Gasteiger partial charge < -0.3 is 4.74 Å². The van der Waals surface area contributed by atoms with Gasteiger partial charge in [-0.15, -0.1) is 0 Å². The number of benzene rings is 3. The van der Waals surface area contributed by atoms with Crippen LogP contribution in [0.1, 0.15) is 17.4 Å². The van der Waals surface area contributed by atoms with Gasteiger partial charge in [0.25, 0.3) is 5.91 Å². The van der Waals surface area contributed by atoms with E-state index in [1.54, 1.807) is 18.1 Å². The summed E-state index contributed by atoms with van der Waals surface area (Å²) < 4.78 is 5.70. The third-order valence-corrected chi connectivity index (χ3v) is 4.03. The molecule has 1 atom stereocenters. The van der Waals surface area contributed by atoms with E-state index in [9.17, 15) is 4.79 Å². The highest BCUT2D eigenvalue weighted by molar-refractivity contribution is 6.04. The fraction of sp³-hybridized carbons (Fsp3) is 0.0870. The minimum absolute atomic E-state index is 0.143. The van der Waals surface area contributed by atoms with Gasteiger partial charge in [-0.25, -0.2) is 0 Å². The van der Waals surface area contributed by atoms with Crippen LogP contribution in [0.25, 0.3) is 6.08 Å². The first-order valence-corrected chi connectivity index (χ1v) is 8.48. The molecule has 1 amide bonds. The van der Waals surface area contributed by atoms with Crippen LogP contribution in [0.5, 0.6) is 0 Å². The van der Waals surface area contributed by atoms with Gasteiger partial charge in [0.05, 0.1) is 0 Å². The van der Waals surface area contributed by atoms with Crippen molar-refractivity contribution in [2.45, 2.75) is 6.23 Å². The van der Waals surface area contributed by atoms with Crippen molar-refractivity contribution < 1.29 is 9.53 Å². The number of para-hydroxylation sites is 1. The molecule has 3 nitrogen and oxygen atoms in total. The molecule has 26 heavy (non-hydrogen) atoms. The number of anilines is 1. The van der Waals surface area contributed by atoms with Crippen LogP contribution in [-0.2, 0) is 9.53 Å². The van der Waals surface area contributed by atoms with Gasteiger partial charge >= 0.3 is 0 Å². The molecule has 3 rings (SSSR count). The van der Waals surface area contributed by atoms with E-state index >= 15 is 0 Å². The first-order valence-electron chi connectivity index (χ1n) is 8.48. The van der Waals surface area contributed by atoms with E-state index in [4.69, 9.17) is 4.74 Å². The highest BCUT2D eigenvalue weighted by Gasteiger charge is 2.25. The van der Waals surface area contributed by atoms with Gasteiger partial charge in [0.2, 0.25) is 0 Å². The summed E-state index contributed by atoms with van der Waals surface area (Å²) in [6.07, 6.45) is 2.89. The Morgan fingerprint density at radius 3 is 1.96 bits per heavy atom. The average molecular weight is 343 g/mol. The Hall–Kier alpha value is -3.17. The highest BCUT2D eigenvalue weighted by atomic mass is 16.5. The van der Waals surface area contributed by atoms with Crippen molar-refractivity contribution >= 4 is 17.7 Å². The molecule has 3 aromatic carbocycles. The van der Waals surface area contributed by atoms with Crippen LogP contribution < -0.4 is 4.90 Å². The van der Waals surface area contributed by atoms with Gasteiger partial charge in [0, 0.05) is 24.4 Å². The monoisotopic (exact) mass is 343 g/mol. The maximum Gasteiger partial charge on any atom is 0.253 e. The zero-order valence-corrected chi connectivity index (χ0v) is 14.7. The molecule has 0 N–H and O–H groups in total. The zero-order chi connectivity index (χ0) is 18.2. The van der Waals surface area contributed by atoms with E-state index < -0.39 is 6.23 Å². The second kappa shape index (κ2) is 8.79. The molecule has 0 saturated carbocycles. The number of carbonyl (C=O) groups is 1. The first-order chi connectivity index (χ1) is 12.8. The molecule has 0 saturated heterocycles. The van der Waals surface area contributed by atoms with Crippen LogP contribution in [0.15, 0.2) is 97.1 Å². The molecule has 0 aliphatic heterocycles. The summed E-state index contributed by atoms with van der Waals surface area (Å²) in [5.41, 5.74) is 2.67. The van der Waals surface area contributed by atoms with E-state index in [1.807, 2.05) is 97.1 Å². The molecule has 0 heterocycles. The lowest BCUT2D eigenvalue weighted by Crippen LogP contribution is -2.34. The van der Waals surface area contributed by atoms with Gasteiger partial charge in [0.1, 0.15) is 0 Å². The standard InChI is InChI=1S/C23H21NO2/c1-26-23(20-13-7-3-8-14-20)24(21-15-9-4-10-16-21)22(25)18-17-19-11-5-2-6-12-19/h2-18,23H,1H3/b18-17+. The third-order valence-electron chi connectivity index (χ3n) is 4.03. The number of carbonyl (C=O) groups excluding carboxylic acids is 1. The second-order valence-corrected chi connectivity index (χ2v) is 5.79. The molecule has 130 valence electrons. The Morgan fingerprint density at radius 2 is 1.38 bits per heavy atom. The van der Waals surface area contributed by atoms with E-state index in [2.05, 4.69) is 0 Å². The minimum Gasteiger partial charge on any atom is -0.357 e. The minimum atomic E-state index is -0.508. The van der Waals surface area contributed by atoms with Gasteiger partial charge in [-0.1, -0.05) is 78.9 Å². The molecule has 0 fully saturated rings. The predicted octanol–water partition coefficient (Wildman–Crippen LogP) is 5.08. The SMILES string of the molecule is COC(c1ccccc1)N(C(=O)/C=C/c1ccccc1)c1ccccc1. The molecule has 0 radical (unpaired) electrons. The lowest BCUT2D eigenvalue weighted by Gasteiger charge is -2.30. The number of amides is 1. The molecule has 3 heteroatoms. The van der Waals surface area contributed by atoms with Crippen molar-refractivity contribution in [2.75, 3.05) is 12.0 Å². The molecule has 3 aromatic rings. The van der Waals surface area contributed by atoms with Gasteiger partial charge in [-0.2, -0.15) is 0 Å². The molecule has 0 bridgehead atoms. The Labute approximate surface area is 154 Å². The Balaban J connectivity index is 1.95. The summed E-state index contributed by atoms with van der Waals surface area (Å²) >= 11 is 0. The van der Waals surface area contributed by atoms with Crippen LogP contribution in [0.2, 0.25) is 0 Å². The molecule has 1 unspecified atom stereocenters. The van der Waals surface area contributed by atoms with Crippen molar-refractivity contribution in [1.82, 2.24) is 0 Å². The van der Waals surface area contributed by atoms with E-state index in [0.717, 1.165) is 16.8 Å². The molecule has 0 aromatic heterocycles. The predicted molar refractivity (Wildman–Crippen MR) is 106 cm³/mol. The maximum atomic E-state index is 13.0. The Kier molecular flexibility index (Phi) is 5.96. The second-order valence-electron chi connectivity index (χ2n) is 5.79. The molecular weight excluding hydrogens is 322 g/mol. The summed E-state index contributed by atoms with van der Waals surface area (Å²) in [5, 5.41) is 0. The number of hydrogen-bond donors (Lipinski definition) is 0. The number of methoxy groups -OCH3 is 1. The summed E-state index contributed by atoms with van der Waals surface area (Å²) in [5.74, 6) is -0.143. The lowest BCUT2D eigenvalue weighted by atomic mass is 10.1. The highest BCUT2D eigenvalue weighted by Crippen LogP contribution is 2.28. The molecular formula is C23H21NO2. The smallest absolute Gasteiger partial charge is 0.253 e. The molecule has 0 aliphatic rings. The van der Waals surface area contributed by atoms with E-state index in [-0.39, 0.29) is 5.91 Å². The fourth-order valence-electron chi connectivity index (χ4n) is 2.79. The number of hydrogen-bond acceptors (Lipinski definition) is 2.